The molecule has 0 N–H and O–H groups in total. The van der Waals surface area contributed by atoms with E-state index in [-0.39, 0.29) is 5.16 Å². The highest BCUT2D eigenvalue weighted by Gasteiger charge is 2.21. The third-order valence-electron chi connectivity index (χ3n) is 5.48. The second-order valence-electron chi connectivity index (χ2n) is 7.88. The van der Waals surface area contributed by atoms with Gasteiger partial charge in [-0.15, -0.1) is 0 Å². The van der Waals surface area contributed by atoms with Crippen LogP contribution in [0, 0.1) is 0 Å². The number of fused-ring (bicyclic) bond motifs is 2. The third-order valence-corrected chi connectivity index (χ3v) is 6.96. The fourth-order valence-corrected chi connectivity index (χ4v) is 4.36. The van der Waals surface area contributed by atoms with Gasteiger partial charge >= 0.3 is 0 Å². The van der Waals surface area contributed by atoms with Crippen LogP contribution in [0.3, 0.4) is 0 Å². The van der Waals surface area contributed by atoms with Crippen molar-refractivity contribution in [3.8, 4) is 22.6 Å². The molecule has 0 aliphatic rings. The van der Waals surface area contributed by atoms with Crippen LogP contribution in [0.4, 0.5) is 0 Å². The van der Waals surface area contributed by atoms with E-state index in [9.17, 15) is 0 Å². The maximum absolute atomic E-state index is 6.47. The first-order chi connectivity index (χ1) is 14.0. The lowest BCUT2D eigenvalue weighted by atomic mass is 9.92. The maximum atomic E-state index is 6.47. The molecule has 0 fully saturated rings. The average molecular weight is 420 g/mol. The van der Waals surface area contributed by atoms with Crippen molar-refractivity contribution in [2.75, 3.05) is 0 Å². The monoisotopic (exact) mass is 420 g/mol. The Bertz CT molecular complexity index is 1170. The minimum Gasteiger partial charge on any atom is -0.480 e. The van der Waals surface area contributed by atoms with E-state index in [2.05, 4.69) is 97.0 Å². The van der Waals surface area contributed by atoms with Crippen LogP contribution in [-0.4, -0.2) is 5.16 Å². The Labute approximate surface area is 176 Å². The molecular weight excluding hydrogens is 394 g/mol. The first-order valence-electron chi connectivity index (χ1n) is 9.88. The van der Waals surface area contributed by atoms with E-state index in [4.69, 9.17) is 9.05 Å². The summed E-state index contributed by atoms with van der Waals surface area (Å²) in [5.74, 6) is 1.73. The molecule has 0 radical (unpaired) electrons. The molecule has 0 spiro atoms. The number of rotatable bonds is 6. The smallest absolute Gasteiger partial charge is 0.131 e. The number of hydrogen-bond acceptors (Lipinski definition) is 2. The fourth-order valence-electron chi connectivity index (χ4n) is 3.47. The second-order valence-corrected chi connectivity index (χ2v) is 9.88. The molecule has 4 rings (SSSR count). The SMILES string of the molecule is CCC(C)(C)POc1ccc2ccccc2c1-c1c(OP)ccc2ccccc12. The van der Waals surface area contributed by atoms with Crippen molar-refractivity contribution >= 4 is 39.8 Å². The predicted octanol–water partition coefficient (Wildman–Crippen LogP) is 7.99. The van der Waals surface area contributed by atoms with Crippen LogP contribution in [-0.2, 0) is 0 Å². The zero-order valence-corrected chi connectivity index (χ0v) is 19.2. The molecule has 2 unspecified atom stereocenters. The van der Waals surface area contributed by atoms with Gasteiger partial charge in [-0.2, -0.15) is 0 Å². The summed E-state index contributed by atoms with van der Waals surface area (Å²) in [4.78, 5) is 0. The third kappa shape index (κ3) is 3.97. The van der Waals surface area contributed by atoms with E-state index in [1.54, 1.807) is 0 Å². The topological polar surface area (TPSA) is 18.5 Å². The van der Waals surface area contributed by atoms with Crippen LogP contribution >= 0.6 is 18.3 Å². The van der Waals surface area contributed by atoms with Gasteiger partial charge in [0.1, 0.15) is 11.5 Å². The summed E-state index contributed by atoms with van der Waals surface area (Å²) in [6.45, 7) is 6.71. The van der Waals surface area contributed by atoms with Crippen molar-refractivity contribution in [2.24, 2.45) is 0 Å². The molecule has 0 bridgehead atoms. The quantitative estimate of drug-likeness (QED) is 0.294. The van der Waals surface area contributed by atoms with Crippen molar-refractivity contribution in [3.63, 3.8) is 0 Å². The Balaban J connectivity index is 2.02. The largest absolute Gasteiger partial charge is 0.480 e. The lowest BCUT2D eigenvalue weighted by Gasteiger charge is -2.24. The zero-order chi connectivity index (χ0) is 20.4. The average Bonchev–Trinajstić information content (AvgIpc) is 2.76. The van der Waals surface area contributed by atoms with Gasteiger partial charge in [0.2, 0.25) is 0 Å². The van der Waals surface area contributed by atoms with Gasteiger partial charge < -0.3 is 9.05 Å². The van der Waals surface area contributed by atoms with Gasteiger partial charge in [-0.25, -0.2) is 0 Å². The van der Waals surface area contributed by atoms with Gasteiger partial charge in [0.25, 0.3) is 0 Å². The molecule has 2 atom stereocenters. The fraction of sp³-hybridized carbons (Fsp3) is 0.200. The van der Waals surface area contributed by atoms with Gasteiger partial charge in [0.05, 0.1) is 18.3 Å². The van der Waals surface area contributed by atoms with Crippen LogP contribution in [0.25, 0.3) is 32.7 Å². The van der Waals surface area contributed by atoms with E-state index in [1.807, 2.05) is 6.07 Å². The molecule has 29 heavy (non-hydrogen) atoms. The maximum Gasteiger partial charge on any atom is 0.131 e. The molecule has 0 saturated heterocycles. The molecule has 0 amide bonds. The molecule has 0 aliphatic carbocycles. The molecule has 148 valence electrons. The lowest BCUT2D eigenvalue weighted by molar-refractivity contribution is 0.570. The molecule has 4 heteroatoms. The first kappa shape index (κ1) is 20.1. The normalized spacial score (nSPS) is 12.1. The molecule has 4 aromatic carbocycles. The van der Waals surface area contributed by atoms with E-state index < -0.39 is 0 Å². The standard InChI is InChI=1S/C25H26O2P2/c1-4-25(2,3)29-27-22-16-14-18-10-6-8-12-20(18)24(22)23-19-11-7-5-9-17(19)13-15-21(23)26-28/h5-16,29H,4,28H2,1-3H3. The second kappa shape index (κ2) is 8.31. The highest BCUT2D eigenvalue weighted by atomic mass is 31.1. The minimum atomic E-state index is 0.140. The first-order valence-corrected chi connectivity index (χ1v) is 11.3. The van der Waals surface area contributed by atoms with Crippen LogP contribution in [0.2, 0.25) is 0 Å². The number of hydrogen-bond donors (Lipinski definition) is 0. The molecular formula is C25H26O2P2. The van der Waals surface area contributed by atoms with E-state index >= 15 is 0 Å². The van der Waals surface area contributed by atoms with Crippen molar-refractivity contribution < 1.29 is 9.05 Å². The Morgan fingerprint density at radius 3 is 1.83 bits per heavy atom. The van der Waals surface area contributed by atoms with Gasteiger partial charge in [-0.3, -0.25) is 0 Å². The molecule has 0 aliphatic heterocycles. The highest BCUT2D eigenvalue weighted by Crippen LogP contribution is 2.48. The van der Waals surface area contributed by atoms with Gasteiger partial charge in [0, 0.05) is 16.3 Å². The van der Waals surface area contributed by atoms with Crippen molar-refractivity contribution in [3.05, 3.63) is 72.8 Å². The summed E-state index contributed by atoms with van der Waals surface area (Å²) < 4.78 is 12.2. The summed E-state index contributed by atoms with van der Waals surface area (Å²) in [6, 6.07) is 25.3. The summed E-state index contributed by atoms with van der Waals surface area (Å²) in [7, 11) is 2.77. The highest BCUT2D eigenvalue weighted by molar-refractivity contribution is 7.34. The van der Waals surface area contributed by atoms with Gasteiger partial charge in [0.15, 0.2) is 0 Å². The molecule has 0 heterocycles. The van der Waals surface area contributed by atoms with Crippen LogP contribution in [0.5, 0.6) is 11.5 Å². The predicted molar refractivity (Wildman–Crippen MR) is 131 cm³/mol. The number of benzene rings is 4. The molecule has 0 aromatic heterocycles. The van der Waals surface area contributed by atoms with Crippen LogP contribution in [0.1, 0.15) is 27.2 Å². The van der Waals surface area contributed by atoms with Crippen molar-refractivity contribution in [1.82, 2.24) is 0 Å². The zero-order valence-electron chi connectivity index (χ0n) is 17.0. The van der Waals surface area contributed by atoms with Crippen LogP contribution < -0.4 is 9.05 Å². The summed E-state index contributed by atoms with van der Waals surface area (Å²) in [5.41, 5.74) is 2.17. The summed E-state index contributed by atoms with van der Waals surface area (Å²) >= 11 is 0. The van der Waals surface area contributed by atoms with Gasteiger partial charge in [-0.1, -0.05) is 81.4 Å². The Morgan fingerprint density at radius 2 is 1.28 bits per heavy atom. The molecule has 4 aromatic rings. The Hall–Kier alpha value is -2.14. The van der Waals surface area contributed by atoms with Crippen molar-refractivity contribution in [1.29, 1.82) is 0 Å². The van der Waals surface area contributed by atoms with E-state index in [1.165, 1.54) is 16.2 Å². The Kier molecular flexibility index (Phi) is 5.77. The van der Waals surface area contributed by atoms with Crippen molar-refractivity contribution in [2.45, 2.75) is 32.3 Å². The van der Waals surface area contributed by atoms with E-state index in [0.717, 1.165) is 34.4 Å². The van der Waals surface area contributed by atoms with Gasteiger partial charge in [-0.05, 0) is 40.1 Å². The van der Waals surface area contributed by atoms with E-state index in [0.29, 0.717) is 8.81 Å². The molecule has 0 saturated carbocycles. The minimum absolute atomic E-state index is 0.140. The summed E-state index contributed by atoms with van der Waals surface area (Å²) in [6.07, 6.45) is 1.07. The Morgan fingerprint density at radius 1 is 0.759 bits per heavy atom. The lowest BCUT2D eigenvalue weighted by Crippen LogP contribution is -2.12. The molecule has 2 nitrogen and oxygen atoms in total. The van der Waals surface area contributed by atoms with Crippen LogP contribution in [0.15, 0.2) is 72.8 Å². The summed E-state index contributed by atoms with van der Waals surface area (Å²) in [5, 5.41) is 4.84.